The standard InChI is InChI=1S/C10H10O2.5CO.W/c1-11-8-4-2-3-6-10-7-5-9-12-10;5*1-2;/h2-7,9H,1H3;;;;;;/b4-2+,6-3+;;;;;;. The van der Waals surface area contributed by atoms with Crippen LogP contribution in [0, 0.1) is 33.3 Å². The van der Waals surface area contributed by atoms with Gasteiger partial charge in [-0.3, -0.25) is 0 Å². The van der Waals surface area contributed by atoms with Crippen LogP contribution >= 0.6 is 0 Å². The van der Waals surface area contributed by atoms with Crippen molar-refractivity contribution in [2.45, 2.75) is 0 Å². The van der Waals surface area contributed by atoms with E-state index in [0.29, 0.717) is 0 Å². The number of furan rings is 1. The Balaban J connectivity index is -0.0000000923. The zero-order valence-corrected chi connectivity index (χ0v) is 14.7. The molecule has 118 valence electrons. The molecule has 0 saturated carbocycles. The molecule has 23 heavy (non-hydrogen) atoms. The van der Waals surface area contributed by atoms with Crippen molar-refractivity contribution in [1.82, 2.24) is 0 Å². The predicted molar refractivity (Wildman–Crippen MR) is 68.5 cm³/mol. The molecule has 8 heteroatoms. The number of rotatable bonds is 4. The van der Waals surface area contributed by atoms with Crippen LogP contribution in [0.3, 0.4) is 0 Å². The first-order chi connectivity index (χ1) is 11.3. The molecular formula is C15H10O7W. The Morgan fingerprint density at radius 3 is 1.83 bits per heavy atom. The van der Waals surface area contributed by atoms with E-state index in [9.17, 15) is 0 Å². The molecule has 0 radical (unpaired) electrons. The fraction of sp³-hybridized carbons (Fsp3) is 0.0667. The first-order valence-corrected chi connectivity index (χ1v) is 6.28. The van der Waals surface area contributed by atoms with Gasteiger partial charge < -0.3 is 0 Å². The third kappa shape index (κ3) is 33.0. The average Bonchev–Trinajstić information content (AvgIpc) is 3.20. The molecule has 1 rings (SSSR count). The summed E-state index contributed by atoms with van der Waals surface area (Å²) in [7, 11) is 1.67. The molecule has 0 bridgehead atoms. The van der Waals surface area contributed by atoms with E-state index in [1.165, 1.54) is 19.4 Å². The molecule has 0 aliphatic rings. The summed E-state index contributed by atoms with van der Waals surface area (Å²) in [5.41, 5.74) is 0. The van der Waals surface area contributed by atoms with E-state index in [0.717, 1.165) is 9.84 Å². The van der Waals surface area contributed by atoms with Crippen LogP contribution < -0.4 is 0 Å². The Morgan fingerprint density at radius 1 is 1.00 bits per heavy atom. The third-order valence-electron chi connectivity index (χ3n) is 1.35. The first kappa shape index (κ1) is 32.8. The number of hydrogen-bond acceptors (Lipinski definition) is 2. The quantitative estimate of drug-likeness (QED) is 0.367. The molecule has 0 N–H and O–H groups in total. The van der Waals surface area contributed by atoms with Crippen molar-refractivity contribution in [2.24, 2.45) is 0 Å². The molecule has 1 heterocycles. The molecule has 0 aliphatic carbocycles. The second kappa shape index (κ2) is 42.7. The van der Waals surface area contributed by atoms with Gasteiger partial charge in [0, 0.05) is 0 Å². The van der Waals surface area contributed by atoms with Crippen LogP contribution in [0.15, 0.2) is 41.0 Å². The minimum atomic E-state index is 0.854. The first-order valence-electron chi connectivity index (χ1n) is 4.81. The number of ether oxygens (including phenoxy) is 1. The maximum absolute atomic E-state index is 7.50. The van der Waals surface area contributed by atoms with E-state index < -0.39 is 0 Å². The molecule has 0 fully saturated rings. The van der Waals surface area contributed by atoms with Crippen molar-refractivity contribution in [3.8, 4) is 0 Å². The molecule has 1 aromatic heterocycles. The average molecular weight is 486 g/mol. The van der Waals surface area contributed by atoms with Gasteiger partial charge in [0.05, 0.1) is 0 Å². The van der Waals surface area contributed by atoms with Gasteiger partial charge in [0.25, 0.3) is 0 Å². The summed E-state index contributed by atoms with van der Waals surface area (Å²) in [6.07, 6.45) is 9.32. The summed E-state index contributed by atoms with van der Waals surface area (Å²) in [6, 6.07) is 3.77. The molecule has 1 aromatic rings. The fourth-order valence-corrected chi connectivity index (χ4v) is 1.02. The van der Waals surface area contributed by atoms with Crippen molar-refractivity contribution >= 4 is 10.2 Å². The van der Waals surface area contributed by atoms with E-state index in [4.69, 9.17) is 32.4 Å². The van der Waals surface area contributed by atoms with Crippen molar-refractivity contribution in [2.75, 3.05) is 7.11 Å². The molecule has 0 aromatic carbocycles. The second-order valence-electron chi connectivity index (χ2n) is 2.26. The van der Waals surface area contributed by atoms with E-state index in [2.05, 4.69) is 33.3 Å². The van der Waals surface area contributed by atoms with Crippen LogP contribution in [0.2, 0.25) is 0 Å². The van der Waals surface area contributed by atoms with Gasteiger partial charge in [0.1, 0.15) is 0 Å². The minimum absolute atomic E-state index is 0.854. The van der Waals surface area contributed by atoms with Gasteiger partial charge in [-0.15, -0.1) is 0 Å². The van der Waals surface area contributed by atoms with Crippen LogP contribution in [0.4, 0.5) is 0 Å². The molecule has 0 atom stereocenters. The summed E-state index contributed by atoms with van der Waals surface area (Å²) >= 11 is 1.32. The number of allylic oxidation sites excluding steroid dienone is 2. The van der Waals surface area contributed by atoms with Gasteiger partial charge in [0.15, 0.2) is 0 Å². The van der Waals surface area contributed by atoms with Gasteiger partial charge in [-0.2, -0.15) is 0 Å². The van der Waals surface area contributed by atoms with E-state index >= 15 is 0 Å². The van der Waals surface area contributed by atoms with Gasteiger partial charge in [-0.1, -0.05) is 0 Å². The summed E-state index contributed by atoms with van der Waals surface area (Å²) in [4.78, 5) is 0. The monoisotopic (exact) mass is 486 g/mol. The summed E-state index contributed by atoms with van der Waals surface area (Å²) in [5, 5.41) is 0. The summed E-state index contributed by atoms with van der Waals surface area (Å²) in [5.74, 6) is 0.854. The predicted octanol–water partition coefficient (Wildman–Crippen LogP) is 1.98. The Bertz CT molecular complexity index is 467. The molecular weight excluding hydrogens is 476 g/mol. The Hall–Kier alpha value is -2.02. The van der Waals surface area contributed by atoms with E-state index in [-0.39, 0.29) is 0 Å². The number of hydrogen-bond donors (Lipinski definition) is 0. The third-order valence-corrected chi connectivity index (χ3v) is 2.44. The maximum atomic E-state index is 7.50. The van der Waals surface area contributed by atoms with Crippen molar-refractivity contribution in [3.05, 3.63) is 75.6 Å². The molecule has 0 saturated heterocycles. The molecule has 0 unspecified atom stereocenters. The van der Waals surface area contributed by atoms with Gasteiger partial charge in [-0.25, -0.2) is 0 Å². The Morgan fingerprint density at radius 2 is 1.48 bits per heavy atom. The Labute approximate surface area is 145 Å². The Kier molecular flexibility index (Phi) is 60.9. The summed E-state index contributed by atoms with van der Waals surface area (Å²) in [6.45, 7) is 22.5. The second-order valence-corrected chi connectivity index (χ2v) is 3.70. The van der Waals surface area contributed by atoms with Crippen LogP contribution in [-0.2, 0) is 47.4 Å². The van der Waals surface area contributed by atoms with Crippen LogP contribution in [0.5, 0.6) is 0 Å². The van der Waals surface area contributed by atoms with E-state index in [1.807, 2.05) is 36.4 Å². The van der Waals surface area contributed by atoms with E-state index in [1.54, 1.807) is 13.4 Å². The van der Waals surface area contributed by atoms with Crippen molar-refractivity contribution in [3.63, 3.8) is 0 Å². The SMILES string of the molecule is CO[C](=[W])/C=C/C=C/c1ccco1.[C-]#[O+].[C-]#[O+].[C-]#[O+].[C-]#[O+].[C-]#[O+]. The molecule has 0 aliphatic heterocycles. The summed E-state index contributed by atoms with van der Waals surface area (Å²) < 4.78 is 48.6. The van der Waals surface area contributed by atoms with Crippen molar-refractivity contribution in [1.29, 1.82) is 0 Å². The van der Waals surface area contributed by atoms with Crippen LogP contribution in [-0.4, -0.2) is 11.2 Å². The molecule has 7 nitrogen and oxygen atoms in total. The normalized spacial score (nSPS) is 6.91. The number of methoxy groups -OCH3 is 1. The molecule has 0 amide bonds. The zero-order chi connectivity index (χ0) is 19.5. The van der Waals surface area contributed by atoms with Gasteiger partial charge in [-0.05, 0) is 0 Å². The van der Waals surface area contributed by atoms with Crippen LogP contribution in [0.25, 0.3) is 6.08 Å². The topological polar surface area (TPSA) is 122 Å². The molecule has 0 spiro atoms. The fourth-order valence-electron chi connectivity index (χ4n) is 0.739. The van der Waals surface area contributed by atoms with Crippen molar-refractivity contribution < 1.29 is 51.8 Å². The van der Waals surface area contributed by atoms with Crippen LogP contribution in [0.1, 0.15) is 5.76 Å². The van der Waals surface area contributed by atoms with Gasteiger partial charge >= 0.3 is 145 Å². The van der Waals surface area contributed by atoms with Gasteiger partial charge in [0.2, 0.25) is 0 Å². The zero-order valence-electron chi connectivity index (χ0n) is 11.8.